The first kappa shape index (κ1) is 23.9. The monoisotopic (exact) mass is 503 g/mol. The van der Waals surface area contributed by atoms with Crippen LogP contribution in [0.1, 0.15) is 18.5 Å². The molecule has 0 bridgehead atoms. The predicted molar refractivity (Wildman–Crippen MR) is 142 cm³/mol. The van der Waals surface area contributed by atoms with Crippen molar-refractivity contribution < 1.29 is 8.42 Å². The molecule has 36 heavy (non-hydrogen) atoms. The third kappa shape index (κ3) is 5.23. The van der Waals surface area contributed by atoms with Crippen LogP contribution in [0.5, 0.6) is 0 Å². The number of nitrogens with one attached hydrogen (secondary N) is 2. The largest absolute Gasteiger partial charge is 0.379 e. The second-order valence-corrected chi connectivity index (χ2v) is 10.5. The molecule has 0 atom stereocenters. The summed E-state index contributed by atoms with van der Waals surface area (Å²) in [5, 5.41) is 12.0. The number of imidazole rings is 1. The molecular weight excluding hydrogens is 474 g/mol. The SMILES string of the molecule is CN1CCC(Nc2cccn3c(-n4cccc4)c(C#CCNc4ccc(S(N)(=O)=O)cc4)nc23)CC1. The number of sulfonamides is 1. The lowest BCUT2D eigenvalue weighted by molar-refractivity contribution is 0.264. The van der Waals surface area contributed by atoms with E-state index in [-0.39, 0.29) is 4.90 Å². The molecule has 1 aliphatic heterocycles. The van der Waals surface area contributed by atoms with Crippen LogP contribution in [0.4, 0.5) is 11.4 Å². The summed E-state index contributed by atoms with van der Waals surface area (Å²) in [7, 11) is -1.55. The standard InChI is InChI=1S/C26H29N7O2S/c1-31-18-12-21(13-19-31)29-23-7-5-17-33-25(23)30-24(26(33)32-15-2-3-16-32)6-4-14-28-20-8-10-22(11-9-20)36(27,34)35/h2-3,5,7-11,15-17,21,28-29H,12-14,18-19H2,1H3,(H2,27,34,35). The molecule has 3 aromatic heterocycles. The molecule has 4 heterocycles. The Morgan fingerprint density at radius 1 is 1.06 bits per heavy atom. The summed E-state index contributed by atoms with van der Waals surface area (Å²) >= 11 is 0. The summed E-state index contributed by atoms with van der Waals surface area (Å²) in [6, 6.07) is 14.7. The maximum absolute atomic E-state index is 11.4. The fourth-order valence-corrected chi connectivity index (χ4v) is 4.90. The lowest BCUT2D eigenvalue weighted by Crippen LogP contribution is -2.36. The van der Waals surface area contributed by atoms with Gasteiger partial charge in [-0.2, -0.15) is 0 Å². The van der Waals surface area contributed by atoms with Gasteiger partial charge in [0, 0.05) is 30.3 Å². The van der Waals surface area contributed by atoms with Gasteiger partial charge < -0.3 is 20.1 Å². The molecule has 10 heteroatoms. The van der Waals surface area contributed by atoms with Crippen LogP contribution in [0.3, 0.4) is 0 Å². The van der Waals surface area contributed by atoms with Crippen molar-refractivity contribution in [3.05, 3.63) is 72.8 Å². The molecule has 0 spiro atoms. The number of fused-ring (bicyclic) bond motifs is 1. The van der Waals surface area contributed by atoms with Crippen molar-refractivity contribution in [3.8, 4) is 17.7 Å². The second-order valence-electron chi connectivity index (χ2n) is 8.94. The molecule has 0 radical (unpaired) electrons. The lowest BCUT2D eigenvalue weighted by Gasteiger charge is -2.30. The molecule has 1 aromatic carbocycles. The molecule has 4 aromatic rings. The number of anilines is 2. The highest BCUT2D eigenvalue weighted by atomic mass is 32.2. The quantitative estimate of drug-likeness (QED) is 0.349. The predicted octanol–water partition coefficient (Wildman–Crippen LogP) is 2.74. The number of hydrogen-bond donors (Lipinski definition) is 3. The van der Waals surface area contributed by atoms with Gasteiger partial charge in [-0.15, -0.1) is 0 Å². The van der Waals surface area contributed by atoms with Crippen LogP contribution >= 0.6 is 0 Å². The number of benzene rings is 1. The van der Waals surface area contributed by atoms with Crippen molar-refractivity contribution in [3.63, 3.8) is 0 Å². The fraction of sp³-hybridized carbons (Fsp3) is 0.269. The summed E-state index contributed by atoms with van der Waals surface area (Å²) in [5.41, 5.74) is 3.27. The van der Waals surface area contributed by atoms with Gasteiger partial charge in [0.15, 0.2) is 17.2 Å². The fourth-order valence-electron chi connectivity index (χ4n) is 4.38. The average molecular weight is 504 g/mol. The van der Waals surface area contributed by atoms with Gasteiger partial charge >= 0.3 is 0 Å². The molecule has 4 N–H and O–H groups in total. The first-order valence-corrected chi connectivity index (χ1v) is 13.4. The number of likely N-dealkylation sites (tertiary alicyclic amines) is 1. The van der Waals surface area contributed by atoms with Crippen LogP contribution < -0.4 is 15.8 Å². The Labute approximate surface area is 211 Å². The third-order valence-corrected chi connectivity index (χ3v) is 7.25. The van der Waals surface area contributed by atoms with Gasteiger partial charge in [-0.05, 0) is 87.4 Å². The molecule has 9 nitrogen and oxygen atoms in total. The average Bonchev–Trinajstić information content (AvgIpc) is 3.51. The van der Waals surface area contributed by atoms with Crippen molar-refractivity contribution in [1.29, 1.82) is 0 Å². The molecule has 0 amide bonds. The molecule has 1 aliphatic rings. The highest BCUT2D eigenvalue weighted by Crippen LogP contribution is 2.25. The normalized spacial score (nSPS) is 14.9. The van der Waals surface area contributed by atoms with E-state index >= 15 is 0 Å². The molecular formula is C26H29N7O2S. The van der Waals surface area contributed by atoms with Crippen molar-refractivity contribution >= 4 is 27.0 Å². The Morgan fingerprint density at radius 2 is 1.78 bits per heavy atom. The van der Waals surface area contributed by atoms with Crippen LogP contribution in [0.25, 0.3) is 11.5 Å². The van der Waals surface area contributed by atoms with Crippen molar-refractivity contribution in [2.24, 2.45) is 5.14 Å². The zero-order valence-electron chi connectivity index (χ0n) is 20.1. The minimum atomic E-state index is -3.71. The zero-order valence-corrected chi connectivity index (χ0v) is 20.9. The van der Waals surface area contributed by atoms with E-state index in [4.69, 9.17) is 10.1 Å². The van der Waals surface area contributed by atoms with Crippen molar-refractivity contribution in [2.45, 2.75) is 23.8 Å². The van der Waals surface area contributed by atoms with Gasteiger partial charge in [-0.25, -0.2) is 18.5 Å². The number of hydrogen-bond acceptors (Lipinski definition) is 6. The first-order valence-electron chi connectivity index (χ1n) is 11.8. The molecule has 0 aliphatic carbocycles. The molecule has 1 saturated heterocycles. The summed E-state index contributed by atoms with van der Waals surface area (Å²) in [6.07, 6.45) is 8.17. The number of nitrogens with zero attached hydrogens (tertiary/aromatic N) is 4. The number of piperidine rings is 1. The Balaban J connectivity index is 1.40. The Hall–Kier alpha value is -3.78. The third-order valence-electron chi connectivity index (χ3n) is 6.32. The van der Waals surface area contributed by atoms with E-state index in [0.29, 0.717) is 18.3 Å². The molecule has 5 rings (SSSR count). The van der Waals surface area contributed by atoms with Crippen LogP contribution in [0.15, 0.2) is 72.0 Å². The van der Waals surface area contributed by atoms with Crippen LogP contribution in [-0.4, -0.2) is 60.0 Å². The maximum atomic E-state index is 11.4. The topological polar surface area (TPSA) is 110 Å². The minimum Gasteiger partial charge on any atom is -0.379 e. The summed E-state index contributed by atoms with van der Waals surface area (Å²) in [5.74, 6) is 7.24. The minimum absolute atomic E-state index is 0.0739. The highest BCUT2D eigenvalue weighted by Gasteiger charge is 2.19. The molecule has 186 valence electrons. The van der Waals surface area contributed by atoms with E-state index in [2.05, 4.69) is 44.9 Å². The van der Waals surface area contributed by atoms with E-state index in [0.717, 1.165) is 48.8 Å². The van der Waals surface area contributed by atoms with E-state index in [1.807, 2.05) is 41.4 Å². The zero-order chi connectivity index (χ0) is 25.1. The molecule has 0 unspecified atom stereocenters. The maximum Gasteiger partial charge on any atom is 0.238 e. The second kappa shape index (κ2) is 10.1. The Kier molecular flexibility index (Phi) is 6.69. The smallest absolute Gasteiger partial charge is 0.238 e. The van der Waals surface area contributed by atoms with Crippen LogP contribution in [0, 0.1) is 11.8 Å². The molecule has 0 saturated carbocycles. The first-order chi connectivity index (χ1) is 17.4. The Bertz CT molecular complexity index is 1510. The highest BCUT2D eigenvalue weighted by molar-refractivity contribution is 7.89. The Morgan fingerprint density at radius 3 is 2.47 bits per heavy atom. The van der Waals surface area contributed by atoms with Gasteiger partial charge in [0.05, 0.1) is 17.1 Å². The summed E-state index contributed by atoms with van der Waals surface area (Å²) in [4.78, 5) is 7.35. The number of pyridine rings is 1. The number of nitrogens with two attached hydrogens (primary N) is 1. The number of aromatic nitrogens is 3. The van der Waals surface area contributed by atoms with Gasteiger partial charge in [-0.1, -0.05) is 5.92 Å². The number of rotatable bonds is 6. The van der Waals surface area contributed by atoms with Gasteiger partial charge in [0.1, 0.15) is 0 Å². The summed E-state index contributed by atoms with van der Waals surface area (Å²) in [6.45, 7) is 2.53. The van der Waals surface area contributed by atoms with Crippen molar-refractivity contribution in [2.75, 3.05) is 37.3 Å². The van der Waals surface area contributed by atoms with Crippen LogP contribution in [-0.2, 0) is 10.0 Å². The van der Waals surface area contributed by atoms with E-state index in [1.165, 1.54) is 12.1 Å². The van der Waals surface area contributed by atoms with E-state index in [1.54, 1.807) is 12.1 Å². The van der Waals surface area contributed by atoms with Gasteiger partial charge in [0.25, 0.3) is 0 Å². The van der Waals surface area contributed by atoms with Crippen LogP contribution in [0.2, 0.25) is 0 Å². The number of primary sulfonamides is 1. The lowest BCUT2D eigenvalue weighted by atomic mass is 10.1. The summed E-state index contributed by atoms with van der Waals surface area (Å²) < 4.78 is 26.9. The van der Waals surface area contributed by atoms with Gasteiger partial charge in [-0.3, -0.25) is 4.40 Å². The van der Waals surface area contributed by atoms with E-state index in [9.17, 15) is 8.42 Å². The molecule has 1 fully saturated rings. The van der Waals surface area contributed by atoms with Gasteiger partial charge in [0.2, 0.25) is 10.0 Å². The van der Waals surface area contributed by atoms with E-state index < -0.39 is 10.0 Å². The van der Waals surface area contributed by atoms with Crippen molar-refractivity contribution in [1.82, 2.24) is 18.9 Å².